The minimum Gasteiger partial charge on any atom is -0.322 e. The predicted molar refractivity (Wildman–Crippen MR) is 95.9 cm³/mol. The van der Waals surface area contributed by atoms with Crippen molar-refractivity contribution in [2.75, 3.05) is 23.9 Å². The van der Waals surface area contributed by atoms with Crippen molar-refractivity contribution in [1.29, 1.82) is 0 Å². The Balaban J connectivity index is 1.83. The highest BCUT2D eigenvalue weighted by atomic mass is 32.2. The van der Waals surface area contributed by atoms with Gasteiger partial charge < -0.3 is 10.6 Å². The number of nitrogens with zero attached hydrogens (tertiary/aromatic N) is 1. The molecule has 0 aromatic heterocycles. The van der Waals surface area contributed by atoms with Crippen LogP contribution in [0.2, 0.25) is 0 Å². The first kappa shape index (κ1) is 16.7. The number of rotatable bonds is 5. The summed E-state index contributed by atoms with van der Waals surface area (Å²) in [6.07, 6.45) is 0. The van der Waals surface area contributed by atoms with Gasteiger partial charge in [0.1, 0.15) is 0 Å². The van der Waals surface area contributed by atoms with Crippen LogP contribution in [-0.2, 0) is 9.59 Å². The maximum atomic E-state index is 12.9. The van der Waals surface area contributed by atoms with Crippen LogP contribution in [0.5, 0.6) is 0 Å². The molecule has 2 aromatic carbocycles. The third-order valence-corrected chi connectivity index (χ3v) is 4.92. The number of anilines is 1. The topological polar surface area (TPSA) is 75.4 Å². The fourth-order valence-corrected chi connectivity index (χ4v) is 3.67. The van der Waals surface area contributed by atoms with Crippen LogP contribution in [0.3, 0.4) is 0 Å². The molecule has 1 aliphatic rings. The second kappa shape index (κ2) is 7.61. The second-order valence-corrected chi connectivity index (χ2v) is 6.47. The van der Waals surface area contributed by atoms with E-state index in [2.05, 4.69) is 5.32 Å². The summed E-state index contributed by atoms with van der Waals surface area (Å²) in [5.74, 6) is 0.352. The molecule has 0 saturated carbocycles. The van der Waals surface area contributed by atoms with Crippen LogP contribution in [0.15, 0.2) is 59.5 Å². The van der Waals surface area contributed by atoms with Gasteiger partial charge in [0.25, 0.3) is 0 Å². The molecule has 124 valence electrons. The van der Waals surface area contributed by atoms with E-state index in [0.29, 0.717) is 11.6 Å². The fourth-order valence-electron chi connectivity index (χ4n) is 2.74. The molecule has 3 rings (SSSR count). The molecule has 0 aliphatic carbocycles. The molecule has 1 heterocycles. The van der Waals surface area contributed by atoms with Gasteiger partial charge in [-0.05, 0) is 23.8 Å². The number of fused-ring (bicyclic) bond motifs is 1. The number of thioether (sulfide) groups is 1. The SMILES string of the molecule is NCC(=O)N(CC(=O)C1NCSc2ccccc21)c1ccccc1. The molecule has 1 atom stereocenters. The molecule has 0 spiro atoms. The van der Waals surface area contributed by atoms with Gasteiger partial charge in [-0.1, -0.05) is 36.4 Å². The minimum atomic E-state index is -0.403. The van der Waals surface area contributed by atoms with Crippen molar-refractivity contribution in [3.63, 3.8) is 0 Å². The highest BCUT2D eigenvalue weighted by Gasteiger charge is 2.28. The lowest BCUT2D eigenvalue weighted by atomic mass is 10.0. The lowest BCUT2D eigenvalue weighted by Gasteiger charge is -2.28. The molecule has 2 aromatic rings. The molecule has 3 N–H and O–H groups in total. The average molecular weight is 341 g/mol. The quantitative estimate of drug-likeness (QED) is 0.869. The number of para-hydroxylation sites is 1. The molecule has 1 aliphatic heterocycles. The van der Waals surface area contributed by atoms with E-state index in [1.165, 1.54) is 4.90 Å². The smallest absolute Gasteiger partial charge is 0.241 e. The number of amides is 1. The van der Waals surface area contributed by atoms with Crippen molar-refractivity contribution in [2.45, 2.75) is 10.9 Å². The summed E-state index contributed by atoms with van der Waals surface area (Å²) < 4.78 is 0. The van der Waals surface area contributed by atoms with Crippen LogP contribution in [0.4, 0.5) is 5.69 Å². The monoisotopic (exact) mass is 341 g/mol. The minimum absolute atomic E-state index is 0.00326. The van der Waals surface area contributed by atoms with Crippen LogP contribution < -0.4 is 16.0 Å². The average Bonchev–Trinajstić information content (AvgIpc) is 2.65. The van der Waals surface area contributed by atoms with Gasteiger partial charge in [-0.25, -0.2) is 0 Å². The number of carbonyl (C=O) groups excluding carboxylic acids is 2. The normalized spacial score (nSPS) is 16.3. The van der Waals surface area contributed by atoms with Crippen LogP contribution >= 0.6 is 11.8 Å². The predicted octanol–water partition coefficient (Wildman–Crippen LogP) is 1.94. The Labute approximate surface area is 145 Å². The van der Waals surface area contributed by atoms with Gasteiger partial charge in [-0.3, -0.25) is 14.9 Å². The molecule has 0 radical (unpaired) electrons. The largest absolute Gasteiger partial charge is 0.322 e. The zero-order valence-electron chi connectivity index (χ0n) is 13.1. The van der Waals surface area contributed by atoms with Gasteiger partial charge in [0, 0.05) is 16.5 Å². The van der Waals surface area contributed by atoms with Gasteiger partial charge in [0.2, 0.25) is 5.91 Å². The van der Waals surface area contributed by atoms with Gasteiger partial charge in [-0.2, -0.15) is 0 Å². The molecule has 0 bridgehead atoms. The Bertz CT molecular complexity index is 736. The Morgan fingerprint density at radius 3 is 2.58 bits per heavy atom. The Kier molecular flexibility index (Phi) is 5.30. The van der Waals surface area contributed by atoms with E-state index in [-0.39, 0.29) is 24.8 Å². The van der Waals surface area contributed by atoms with Crippen molar-refractivity contribution in [3.8, 4) is 0 Å². The lowest BCUT2D eigenvalue weighted by Crippen LogP contribution is -2.43. The Morgan fingerprint density at radius 1 is 1.12 bits per heavy atom. The molecule has 0 saturated heterocycles. The van der Waals surface area contributed by atoms with E-state index >= 15 is 0 Å². The standard InChI is InChI=1S/C18H19N3O2S/c19-10-17(23)21(13-6-2-1-3-7-13)11-15(22)18-14-8-4-5-9-16(14)24-12-20-18/h1-9,18,20H,10-12,19H2. The summed E-state index contributed by atoms with van der Waals surface area (Å²) in [6, 6.07) is 16.6. The molecule has 1 amide bonds. The number of nitrogens with one attached hydrogen (secondary N) is 1. The first-order valence-electron chi connectivity index (χ1n) is 7.74. The molecule has 5 nitrogen and oxygen atoms in total. The van der Waals surface area contributed by atoms with Crippen molar-refractivity contribution in [3.05, 3.63) is 60.2 Å². The summed E-state index contributed by atoms with van der Waals surface area (Å²) >= 11 is 1.67. The van der Waals surface area contributed by atoms with Crippen molar-refractivity contribution >= 4 is 29.1 Å². The van der Waals surface area contributed by atoms with Gasteiger partial charge >= 0.3 is 0 Å². The number of hydrogen-bond donors (Lipinski definition) is 2. The van der Waals surface area contributed by atoms with E-state index in [1.54, 1.807) is 23.9 Å². The van der Waals surface area contributed by atoms with Crippen molar-refractivity contribution in [2.24, 2.45) is 5.73 Å². The summed E-state index contributed by atoms with van der Waals surface area (Å²) in [4.78, 5) is 27.6. The summed E-state index contributed by atoms with van der Waals surface area (Å²) in [6.45, 7) is -0.135. The number of Topliss-reactive ketones (excluding diaryl/α,β-unsaturated/α-hetero) is 1. The number of benzene rings is 2. The third-order valence-electron chi connectivity index (χ3n) is 3.92. The highest BCUT2D eigenvalue weighted by molar-refractivity contribution is 7.99. The van der Waals surface area contributed by atoms with E-state index in [0.717, 1.165) is 10.5 Å². The van der Waals surface area contributed by atoms with Crippen LogP contribution in [0, 0.1) is 0 Å². The fraction of sp³-hybridized carbons (Fsp3) is 0.222. The Hall–Kier alpha value is -2.15. The summed E-state index contributed by atoms with van der Waals surface area (Å²) in [5.41, 5.74) is 7.16. The first-order chi connectivity index (χ1) is 11.7. The summed E-state index contributed by atoms with van der Waals surface area (Å²) in [7, 11) is 0. The van der Waals surface area contributed by atoms with E-state index in [4.69, 9.17) is 5.73 Å². The maximum Gasteiger partial charge on any atom is 0.241 e. The molecule has 24 heavy (non-hydrogen) atoms. The van der Waals surface area contributed by atoms with E-state index in [1.807, 2.05) is 42.5 Å². The number of hydrogen-bond acceptors (Lipinski definition) is 5. The molecule has 0 fully saturated rings. The van der Waals surface area contributed by atoms with Gasteiger partial charge in [-0.15, -0.1) is 11.8 Å². The van der Waals surface area contributed by atoms with Gasteiger partial charge in [0.05, 0.1) is 19.1 Å². The van der Waals surface area contributed by atoms with Crippen LogP contribution in [0.1, 0.15) is 11.6 Å². The summed E-state index contributed by atoms with van der Waals surface area (Å²) in [5, 5.41) is 3.23. The lowest BCUT2D eigenvalue weighted by molar-refractivity contribution is -0.123. The highest BCUT2D eigenvalue weighted by Crippen LogP contribution is 2.32. The molecule has 6 heteroatoms. The Morgan fingerprint density at radius 2 is 1.83 bits per heavy atom. The molecule has 1 unspecified atom stereocenters. The zero-order valence-corrected chi connectivity index (χ0v) is 14.0. The van der Waals surface area contributed by atoms with Crippen LogP contribution in [0.25, 0.3) is 0 Å². The third kappa shape index (κ3) is 3.51. The van der Waals surface area contributed by atoms with Crippen molar-refractivity contribution in [1.82, 2.24) is 5.32 Å². The number of nitrogens with two attached hydrogens (primary N) is 1. The maximum absolute atomic E-state index is 12.9. The first-order valence-corrected chi connectivity index (χ1v) is 8.72. The number of carbonyl (C=O) groups is 2. The molecular formula is C18H19N3O2S. The number of ketones is 1. The van der Waals surface area contributed by atoms with Gasteiger partial charge in [0.15, 0.2) is 5.78 Å². The van der Waals surface area contributed by atoms with E-state index < -0.39 is 6.04 Å². The molecular weight excluding hydrogens is 322 g/mol. The zero-order chi connectivity index (χ0) is 16.9. The van der Waals surface area contributed by atoms with Crippen LogP contribution in [-0.4, -0.2) is 30.7 Å². The second-order valence-electron chi connectivity index (χ2n) is 5.45. The van der Waals surface area contributed by atoms with E-state index in [9.17, 15) is 9.59 Å². The van der Waals surface area contributed by atoms with Crippen molar-refractivity contribution < 1.29 is 9.59 Å².